The van der Waals surface area contributed by atoms with E-state index in [-0.39, 0.29) is 11.3 Å². The lowest BCUT2D eigenvalue weighted by molar-refractivity contribution is -0.117. The maximum absolute atomic E-state index is 11.9. The Hall–Kier alpha value is -1.29. The Kier molecular flexibility index (Phi) is 4.02. The monoisotopic (exact) mass is 336 g/mol. The Bertz CT molecular complexity index is 664. The number of carbonyl (C=O) groups excluding carboxylic acids is 1. The number of fused-ring (bicyclic) bond motifs is 5. The largest absolute Gasteiger partial charge is 0.295 e. The SMILES string of the molecule is C#C[C@@H](C=C)[C@H]1CCC2C3CCC4=CC(=O)CC[C@]4(C)C3CC[C@@]21C. The van der Waals surface area contributed by atoms with Gasteiger partial charge in [0.25, 0.3) is 0 Å². The molecule has 1 nitrogen and oxygen atoms in total. The van der Waals surface area contributed by atoms with Gasteiger partial charge in [-0.1, -0.05) is 31.4 Å². The third kappa shape index (κ3) is 2.33. The van der Waals surface area contributed by atoms with Gasteiger partial charge in [0, 0.05) is 12.3 Å². The molecule has 0 radical (unpaired) electrons. The second-order valence-electron chi connectivity index (χ2n) is 9.63. The van der Waals surface area contributed by atoms with Crippen molar-refractivity contribution in [2.45, 2.75) is 65.2 Å². The van der Waals surface area contributed by atoms with Crippen molar-refractivity contribution in [3.63, 3.8) is 0 Å². The molecule has 0 bridgehead atoms. The number of terminal acetylenes is 1. The van der Waals surface area contributed by atoms with E-state index in [1.54, 1.807) is 0 Å². The Morgan fingerprint density at radius 3 is 2.72 bits per heavy atom. The first-order chi connectivity index (χ1) is 11.9. The van der Waals surface area contributed by atoms with Gasteiger partial charge in [-0.05, 0) is 85.5 Å². The molecule has 4 aliphatic rings. The molecule has 1 heteroatoms. The molecule has 0 amide bonds. The highest BCUT2D eigenvalue weighted by atomic mass is 16.1. The molecule has 4 aliphatic carbocycles. The summed E-state index contributed by atoms with van der Waals surface area (Å²) in [6, 6.07) is 0. The Morgan fingerprint density at radius 1 is 1.20 bits per heavy atom. The van der Waals surface area contributed by atoms with Crippen molar-refractivity contribution < 1.29 is 4.79 Å². The topological polar surface area (TPSA) is 17.1 Å². The highest BCUT2D eigenvalue weighted by molar-refractivity contribution is 5.91. The molecule has 0 aromatic rings. The molecule has 0 spiro atoms. The molecule has 3 unspecified atom stereocenters. The molecule has 0 aromatic heterocycles. The van der Waals surface area contributed by atoms with Crippen LogP contribution < -0.4 is 0 Å². The van der Waals surface area contributed by atoms with Crippen LogP contribution in [0.15, 0.2) is 24.3 Å². The van der Waals surface area contributed by atoms with Gasteiger partial charge in [0.05, 0.1) is 0 Å². The van der Waals surface area contributed by atoms with E-state index < -0.39 is 0 Å². The summed E-state index contributed by atoms with van der Waals surface area (Å²) >= 11 is 0. The van der Waals surface area contributed by atoms with Crippen LogP contribution in [0.25, 0.3) is 0 Å². The Morgan fingerprint density at radius 2 is 2.00 bits per heavy atom. The van der Waals surface area contributed by atoms with Crippen LogP contribution in [0.4, 0.5) is 0 Å². The lowest BCUT2D eigenvalue weighted by Gasteiger charge is -2.58. The minimum absolute atomic E-state index is 0.230. The van der Waals surface area contributed by atoms with Gasteiger partial charge in [-0.25, -0.2) is 0 Å². The molecule has 134 valence electrons. The quantitative estimate of drug-likeness (QED) is 0.476. The maximum Gasteiger partial charge on any atom is 0.155 e. The number of allylic oxidation sites excluding steroid dienone is 2. The van der Waals surface area contributed by atoms with Gasteiger partial charge in [0.1, 0.15) is 0 Å². The zero-order valence-electron chi connectivity index (χ0n) is 15.9. The molecule has 3 saturated carbocycles. The summed E-state index contributed by atoms with van der Waals surface area (Å²) < 4.78 is 0. The molecule has 0 aliphatic heterocycles. The lowest BCUT2D eigenvalue weighted by atomic mass is 9.46. The van der Waals surface area contributed by atoms with E-state index in [2.05, 4.69) is 26.3 Å². The van der Waals surface area contributed by atoms with Crippen molar-refractivity contribution in [2.75, 3.05) is 0 Å². The molecule has 3 fully saturated rings. The van der Waals surface area contributed by atoms with E-state index in [9.17, 15) is 4.79 Å². The number of hydrogen-bond acceptors (Lipinski definition) is 1. The summed E-state index contributed by atoms with van der Waals surface area (Å²) in [6.07, 6.45) is 19.3. The number of carbonyl (C=O) groups is 1. The van der Waals surface area contributed by atoms with Crippen LogP contribution in [0.5, 0.6) is 0 Å². The van der Waals surface area contributed by atoms with E-state index in [1.165, 1.54) is 37.7 Å². The maximum atomic E-state index is 11.9. The first kappa shape index (κ1) is 17.1. The standard InChI is InChI=1S/C24H32O/c1-5-16(6-2)20-9-10-21-19-8-7-17-15-18(25)11-13-23(17,3)22(19)12-14-24(20,21)4/h1,6,15-16,19-22H,2,7-14H2,3-4H3/t16-,19?,20+,21?,22?,23-,24+/m0/s1. The summed E-state index contributed by atoms with van der Waals surface area (Å²) in [6.45, 7) is 9.01. The number of ketones is 1. The zero-order chi connectivity index (χ0) is 17.8. The van der Waals surface area contributed by atoms with Gasteiger partial charge in [0.2, 0.25) is 0 Å². The van der Waals surface area contributed by atoms with Gasteiger partial charge in [0.15, 0.2) is 5.78 Å². The predicted octanol–water partition coefficient (Wildman–Crippen LogP) is 5.57. The first-order valence-corrected chi connectivity index (χ1v) is 10.3. The molecule has 0 saturated heterocycles. The smallest absolute Gasteiger partial charge is 0.155 e. The van der Waals surface area contributed by atoms with Crippen LogP contribution >= 0.6 is 0 Å². The van der Waals surface area contributed by atoms with Crippen LogP contribution in [0.3, 0.4) is 0 Å². The van der Waals surface area contributed by atoms with E-state index >= 15 is 0 Å². The van der Waals surface area contributed by atoms with Crippen molar-refractivity contribution in [2.24, 2.45) is 40.4 Å². The molecular formula is C24H32O. The third-order valence-electron chi connectivity index (χ3n) is 8.92. The summed E-state index contributed by atoms with van der Waals surface area (Å²) in [4.78, 5) is 11.9. The number of hydrogen-bond donors (Lipinski definition) is 0. The Labute approximate surface area is 153 Å². The highest BCUT2D eigenvalue weighted by Gasteiger charge is 2.59. The summed E-state index contributed by atoms with van der Waals surface area (Å²) in [5.41, 5.74) is 2.13. The minimum atomic E-state index is 0.230. The average Bonchev–Trinajstić information content (AvgIpc) is 2.94. The zero-order valence-corrected chi connectivity index (χ0v) is 15.9. The van der Waals surface area contributed by atoms with Gasteiger partial charge < -0.3 is 0 Å². The molecule has 0 heterocycles. The average molecular weight is 337 g/mol. The van der Waals surface area contributed by atoms with E-state index in [0.29, 0.717) is 17.1 Å². The fourth-order valence-electron chi connectivity index (χ4n) is 7.54. The van der Waals surface area contributed by atoms with Crippen LogP contribution in [0.1, 0.15) is 65.2 Å². The van der Waals surface area contributed by atoms with Crippen LogP contribution in [-0.2, 0) is 4.79 Å². The van der Waals surface area contributed by atoms with E-state index in [1.807, 2.05) is 12.2 Å². The summed E-state index contributed by atoms with van der Waals surface area (Å²) in [5.74, 6) is 6.61. The highest BCUT2D eigenvalue weighted by Crippen LogP contribution is 2.67. The molecule has 0 aromatic carbocycles. The Balaban J connectivity index is 1.65. The minimum Gasteiger partial charge on any atom is -0.295 e. The first-order valence-electron chi connectivity index (χ1n) is 10.3. The van der Waals surface area contributed by atoms with Crippen LogP contribution in [-0.4, -0.2) is 5.78 Å². The normalized spacial score (nSPS) is 46.9. The van der Waals surface area contributed by atoms with Gasteiger partial charge in [-0.2, -0.15) is 0 Å². The summed E-state index contributed by atoms with van der Waals surface area (Å²) in [7, 11) is 0. The van der Waals surface area contributed by atoms with Gasteiger partial charge >= 0.3 is 0 Å². The van der Waals surface area contributed by atoms with Crippen molar-refractivity contribution in [3.8, 4) is 12.3 Å². The van der Waals surface area contributed by atoms with E-state index in [4.69, 9.17) is 6.42 Å². The second-order valence-corrected chi connectivity index (χ2v) is 9.63. The van der Waals surface area contributed by atoms with Crippen LogP contribution in [0.2, 0.25) is 0 Å². The fourth-order valence-corrected chi connectivity index (χ4v) is 7.54. The lowest BCUT2D eigenvalue weighted by Crippen LogP contribution is -2.50. The molecule has 7 atom stereocenters. The van der Waals surface area contributed by atoms with Crippen molar-refractivity contribution in [1.29, 1.82) is 0 Å². The van der Waals surface area contributed by atoms with Crippen molar-refractivity contribution in [1.82, 2.24) is 0 Å². The van der Waals surface area contributed by atoms with Gasteiger partial charge in [-0.3, -0.25) is 4.79 Å². The third-order valence-corrected chi connectivity index (χ3v) is 8.92. The molecule has 0 N–H and O–H groups in total. The molecule has 4 rings (SSSR count). The molecule has 25 heavy (non-hydrogen) atoms. The fraction of sp³-hybridized carbons (Fsp3) is 0.708. The van der Waals surface area contributed by atoms with Crippen LogP contribution in [0, 0.1) is 52.8 Å². The number of rotatable bonds is 2. The molecular weight excluding hydrogens is 304 g/mol. The van der Waals surface area contributed by atoms with E-state index in [0.717, 1.165) is 37.0 Å². The second kappa shape index (κ2) is 5.87. The van der Waals surface area contributed by atoms with Gasteiger partial charge in [-0.15, -0.1) is 13.0 Å². The van der Waals surface area contributed by atoms with Crippen molar-refractivity contribution in [3.05, 3.63) is 24.3 Å². The van der Waals surface area contributed by atoms with Crippen molar-refractivity contribution >= 4 is 5.78 Å². The predicted molar refractivity (Wildman–Crippen MR) is 103 cm³/mol. The summed E-state index contributed by atoms with van der Waals surface area (Å²) in [5, 5.41) is 0.